The van der Waals surface area contributed by atoms with Crippen molar-refractivity contribution in [3.05, 3.63) is 12.7 Å². The summed E-state index contributed by atoms with van der Waals surface area (Å²) in [6.07, 6.45) is 1.84. The third kappa shape index (κ3) is 17.7. The number of allylic oxidation sites excluding steroid dienone is 1. The average molecular weight is 470 g/mol. The maximum absolute atomic E-state index is 11.1. The lowest BCUT2D eigenvalue weighted by atomic mass is 9.83. The zero-order valence-corrected chi connectivity index (χ0v) is 19.1. The van der Waals surface area contributed by atoms with Crippen LogP contribution >= 0.6 is 31.9 Å². The standard InChI is InChI=1S/C9H15BrO2.C5H9BrO.C4H6O/c1-6(11)8(10)5-9(3,4)7(2)12;1-4(7)5(2,3)6;1-3-4(2)5/h8H,5H2,1-4H3;1-3H3;3H,1H2,2H3. The van der Waals surface area contributed by atoms with E-state index in [2.05, 4.69) is 38.4 Å². The van der Waals surface area contributed by atoms with Crippen LogP contribution in [0.2, 0.25) is 0 Å². The van der Waals surface area contributed by atoms with Gasteiger partial charge in [0.15, 0.2) is 5.78 Å². The molecule has 0 fully saturated rings. The first-order valence-corrected chi connectivity index (χ1v) is 9.18. The van der Waals surface area contributed by atoms with Crippen LogP contribution in [0.3, 0.4) is 0 Å². The van der Waals surface area contributed by atoms with Gasteiger partial charge in [0.2, 0.25) is 0 Å². The van der Waals surface area contributed by atoms with Crippen molar-refractivity contribution in [2.75, 3.05) is 0 Å². The predicted molar refractivity (Wildman–Crippen MR) is 107 cm³/mol. The summed E-state index contributed by atoms with van der Waals surface area (Å²) in [5.74, 6) is 0.370. The van der Waals surface area contributed by atoms with E-state index in [1.54, 1.807) is 13.8 Å². The molecule has 0 aliphatic carbocycles. The second-order valence-corrected chi connectivity index (χ2v) is 9.65. The third-order valence-corrected chi connectivity index (χ3v) is 4.74. The summed E-state index contributed by atoms with van der Waals surface area (Å²) in [4.78, 5) is 41.9. The van der Waals surface area contributed by atoms with Crippen LogP contribution in [-0.4, -0.2) is 32.3 Å². The highest BCUT2D eigenvalue weighted by atomic mass is 79.9. The van der Waals surface area contributed by atoms with Gasteiger partial charge in [0.05, 0.1) is 9.15 Å². The maximum atomic E-state index is 11.1. The lowest BCUT2D eigenvalue weighted by Gasteiger charge is -2.22. The van der Waals surface area contributed by atoms with Crippen molar-refractivity contribution in [2.24, 2.45) is 5.41 Å². The zero-order chi connectivity index (χ0) is 20.3. The van der Waals surface area contributed by atoms with E-state index >= 15 is 0 Å². The monoisotopic (exact) mass is 468 g/mol. The van der Waals surface area contributed by atoms with Crippen LogP contribution in [0, 0.1) is 5.41 Å². The fraction of sp³-hybridized carbons (Fsp3) is 0.667. The quantitative estimate of drug-likeness (QED) is 0.411. The summed E-state index contributed by atoms with van der Waals surface area (Å²) in [5, 5.41) is 0. The number of carbonyl (C=O) groups excluding carboxylic acids is 4. The Morgan fingerprint density at radius 2 is 1.25 bits per heavy atom. The summed E-state index contributed by atoms with van der Waals surface area (Å²) in [5.41, 5.74) is -0.403. The summed E-state index contributed by atoms with van der Waals surface area (Å²) >= 11 is 6.44. The molecular formula is C18H30Br2O4. The van der Waals surface area contributed by atoms with Gasteiger partial charge in [-0.15, -0.1) is 0 Å². The van der Waals surface area contributed by atoms with E-state index in [4.69, 9.17) is 0 Å². The number of hydrogen-bond acceptors (Lipinski definition) is 4. The molecule has 0 N–H and O–H groups in total. The van der Waals surface area contributed by atoms with Crippen molar-refractivity contribution < 1.29 is 19.2 Å². The van der Waals surface area contributed by atoms with Crippen LogP contribution < -0.4 is 0 Å². The summed E-state index contributed by atoms with van der Waals surface area (Å²) in [6.45, 7) is 16.7. The molecular weight excluding hydrogens is 440 g/mol. The van der Waals surface area contributed by atoms with Crippen LogP contribution in [0.15, 0.2) is 12.7 Å². The largest absolute Gasteiger partial charge is 0.299 e. The highest BCUT2D eigenvalue weighted by molar-refractivity contribution is 9.10. The molecule has 0 saturated carbocycles. The Morgan fingerprint density at radius 3 is 1.38 bits per heavy atom. The minimum Gasteiger partial charge on any atom is -0.299 e. The van der Waals surface area contributed by atoms with Gasteiger partial charge in [-0.3, -0.25) is 19.2 Å². The molecule has 0 spiro atoms. The molecule has 0 aliphatic rings. The van der Waals surface area contributed by atoms with Gasteiger partial charge in [0, 0.05) is 5.41 Å². The van der Waals surface area contributed by atoms with Crippen LogP contribution in [0.4, 0.5) is 0 Å². The third-order valence-electron chi connectivity index (χ3n) is 3.21. The molecule has 1 atom stereocenters. The van der Waals surface area contributed by atoms with Crippen molar-refractivity contribution in [3.63, 3.8) is 0 Å². The summed E-state index contributed by atoms with van der Waals surface area (Å²) < 4.78 is -0.326. The van der Waals surface area contributed by atoms with E-state index < -0.39 is 5.41 Å². The van der Waals surface area contributed by atoms with Gasteiger partial charge < -0.3 is 0 Å². The number of rotatable bonds is 6. The molecule has 0 amide bonds. The Labute approximate surface area is 163 Å². The first-order chi connectivity index (χ1) is 10.5. The van der Waals surface area contributed by atoms with Crippen molar-refractivity contribution in [2.45, 2.75) is 71.0 Å². The van der Waals surface area contributed by atoms with Gasteiger partial charge in [0.25, 0.3) is 0 Å². The lowest BCUT2D eigenvalue weighted by molar-refractivity contribution is -0.125. The number of carbonyl (C=O) groups is 4. The number of ketones is 4. The van der Waals surface area contributed by atoms with Crippen molar-refractivity contribution >= 4 is 55.0 Å². The zero-order valence-electron chi connectivity index (χ0n) is 16.0. The number of hydrogen-bond donors (Lipinski definition) is 0. The summed E-state index contributed by atoms with van der Waals surface area (Å²) in [7, 11) is 0. The van der Waals surface area contributed by atoms with Gasteiger partial charge >= 0.3 is 0 Å². The Hall–Kier alpha value is -0.620. The second-order valence-electron chi connectivity index (χ2n) is 6.57. The molecule has 0 radical (unpaired) electrons. The molecule has 0 heterocycles. The highest BCUT2D eigenvalue weighted by Gasteiger charge is 2.28. The molecule has 0 aromatic rings. The number of alkyl halides is 2. The SMILES string of the molecule is C=CC(C)=O.CC(=O)C(Br)CC(C)(C)C(C)=O.CC(=O)C(C)(C)Br. The maximum Gasteiger partial charge on any atom is 0.152 e. The first kappa shape index (κ1) is 28.2. The Kier molecular flexibility index (Phi) is 14.9. The molecule has 0 rings (SSSR count). The summed E-state index contributed by atoms with van der Waals surface area (Å²) in [6, 6.07) is 0. The van der Waals surface area contributed by atoms with E-state index in [9.17, 15) is 19.2 Å². The van der Waals surface area contributed by atoms with E-state index in [1.165, 1.54) is 19.9 Å². The van der Waals surface area contributed by atoms with Crippen LogP contribution in [-0.2, 0) is 19.2 Å². The first-order valence-electron chi connectivity index (χ1n) is 7.47. The van der Waals surface area contributed by atoms with Crippen molar-refractivity contribution in [1.82, 2.24) is 0 Å². The van der Waals surface area contributed by atoms with Crippen LogP contribution in [0.1, 0.15) is 61.8 Å². The lowest BCUT2D eigenvalue weighted by Crippen LogP contribution is -2.27. The Morgan fingerprint density at radius 1 is 0.958 bits per heavy atom. The molecule has 0 aromatic heterocycles. The molecule has 6 heteroatoms. The van der Waals surface area contributed by atoms with Crippen molar-refractivity contribution in [1.29, 1.82) is 0 Å². The van der Waals surface area contributed by atoms with E-state index in [0.29, 0.717) is 6.42 Å². The molecule has 0 aromatic carbocycles. The normalized spacial score (nSPS) is 11.8. The molecule has 0 saturated heterocycles. The predicted octanol–water partition coefficient (Wildman–Crippen LogP) is 4.85. The number of Topliss-reactive ketones (excluding diaryl/α,β-unsaturated/α-hetero) is 3. The van der Waals surface area contributed by atoms with Crippen LogP contribution in [0.25, 0.3) is 0 Å². The molecule has 24 heavy (non-hydrogen) atoms. The second kappa shape index (κ2) is 12.7. The molecule has 0 bridgehead atoms. The van der Waals surface area contributed by atoms with Gasteiger partial charge in [-0.25, -0.2) is 0 Å². The van der Waals surface area contributed by atoms with E-state index in [1.807, 2.05) is 27.7 Å². The van der Waals surface area contributed by atoms with Gasteiger partial charge in [0.1, 0.15) is 17.3 Å². The highest BCUT2D eigenvalue weighted by Crippen LogP contribution is 2.26. The van der Waals surface area contributed by atoms with Crippen LogP contribution in [0.5, 0.6) is 0 Å². The fourth-order valence-electron chi connectivity index (χ4n) is 0.735. The topological polar surface area (TPSA) is 68.3 Å². The smallest absolute Gasteiger partial charge is 0.152 e. The Bertz CT molecular complexity index is 460. The fourth-order valence-corrected chi connectivity index (χ4v) is 1.54. The minimum atomic E-state index is -0.403. The average Bonchev–Trinajstić information content (AvgIpc) is 2.38. The minimum absolute atomic E-state index is 0.0185. The molecule has 0 aliphatic heterocycles. The van der Waals surface area contributed by atoms with Gasteiger partial charge in [-0.2, -0.15) is 0 Å². The number of halogens is 2. The van der Waals surface area contributed by atoms with Crippen molar-refractivity contribution in [3.8, 4) is 0 Å². The van der Waals surface area contributed by atoms with E-state index in [-0.39, 0.29) is 32.3 Å². The van der Waals surface area contributed by atoms with E-state index in [0.717, 1.165) is 0 Å². The molecule has 140 valence electrons. The van der Waals surface area contributed by atoms with Gasteiger partial charge in [-0.1, -0.05) is 52.3 Å². The Balaban J connectivity index is -0.000000311. The van der Waals surface area contributed by atoms with Gasteiger partial charge in [-0.05, 0) is 54.0 Å². The molecule has 4 nitrogen and oxygen atoms in total. The molecule has 1 unspecified atom stereocenters.